The molecule has 2 heterocycles. The third kappa shape index (κ3) is 3.19. The molecule has 0 radical (unpaired) electrons. The predicted molar refractivity (Wildman–Crippen MR) is 122 cm³/mol. The lowest BCUT2D eigenvalue weighted by molar-refractivity contribution is 0.918. The number of rotatable bonds is 4. The van der Waals surface area contributed by atoms with Crippen LogP contribution in [-0.4, -0.2) is 26.8 Å². The Hall–Kier alpha value is -3.70. The molecule has 0 fully saturated rings. The molecule has 0 aliphatic carbocycles. The molecule has 0 spiro atoms. The monoisotopic (exact) mass is 411 g/mol. The molecule has 5 rings (SSSR count). The van der Waals surface area contributed by atoms with E-state index < -0.39 is 0 Å². The summed E-state index contributed by atoms with van der Waals surface area (Å²) in [6.45, 7) is 0. The fourth-order valence-electron chi connectivity index (χ4n) is 3.68. The second kappa shape index (κ2) is 7.61. The molecule has 0 N–H and O–H groups in total. The van der Waals surface area contributed by atoms with Gasteiger partial charge in [0.2, 0.25) is 0 Å². The SMILES string of the molecule is CN(c1ccccc1-c1cccc(Cl)c1)c1nnc(-n2ccnc2)c2ccccc12. The largest absolute Gasteiger partial charge is 0.327 e. The average molecular weight is 412 g/mol. The standard InChI is InChI=1S/C24H18ClN5/c1-29(22-12-5-4-9-19(22)17-7-6-8-18(25)15-17)23-20-10-2-3-11-21(20)24(28-27-23)30-14-13-26-16-30/h2-16H,1H3. The Morgan fingerprint density at radius 3 is 2.47 bits per heavy atom. The van der Waals surface area contributed by atoms with Crippen LogP contribution in [0.3, 0.4) is 0 Å². The van der Waals surface area contributed by atoms with Crippen molar-refractivity contribution in [2.75, 3.05) is 11.9 Å². The van der Waals surface area contributed by atoms with Crippen LogP contribution >= 0.6 is 11.6 Å². The molecule has 0 aliphatic heterocycles. The van der Waals surface area contributed by atoms with E-state index in [1.807, 2.05) is 60.3 Å². The molecule has 146 valence electrons. The fourth-order valence-corrected chi connectivity index (χ4v) is 3.87. The highest BCUT2D eigenvalue weighted by atomic mass is 35.5. The van der Waals surface area contributed by atoms with Crippen LogP contribution in [-0.2, 0) is 0 Å². The maximum atomic E-state index is 6.24. The van der Waals surface area contributed by atoms with Gasteiger partial charge < -0.3 is 4.90 Å². The predicted octanol–water partition coefficient (Wildman–Crippen LogP) is 5.90. The van der Waals surface area contributed by atoms with Crippen LogP contribution in [0.25, 0.3) is 27.7 Å². The van der Waals surface area contributed by atoms with Crippen LogP contribution < -0.4 is 4.90 Å². The summed E-state index contributed by atoms with van der Waals surface area (Å²) in [6.07, 6.45) is 5.33. The average Bonchev–Trinajstić information content (AvgIpc) is 3.33. The van der Waals surface area contributed by atoms with E-state index in [0.717, 1.165) is 39.2 Å². The van der Waals surface area contributed by atoms with E-state index in [2.05, 4.69) is 50.4 Å². The first kappa shape index (κ1) is 18.3. The summed E-state index contributed by atoms with van der Waals surface area (Å²) in [4.78, 5) is 6.21. The Balaban J connectivity index is 1.67. The second-order valence-corrected chi connectivity index (χ2v) is 7.39. The maximum Gasteiger partial charge on any atom is 0.168 e. The number of fused-ring (bicyclic) bond motifs is 1. The van der Waals surface area contributed by atoms with Crippen molar-refractivity contribution in [3.63, 3.8) is 0 Å². The van der Waals surface area contributed by atoms with Gasteiger partial charge in [0.1, 0.15) is 6.33 Å². The molecule has 0 saturated heterocycles. The van der Waals surface area contributed by atoms with Crippen LogP contribution in [0.1, 0.15) is 0 Å². The molecular weight excluding hydrogens is 394 g/mol. The molecule has 2 aromatic heterocycles. The molecule has 30 heavy (non-hydrogen) atoms. The zero-order valence-electron chi connectivity index (χ0n) is 16.3. The number of benzene rings is 3. The maximum absolute atomic E-state index is 6.24. The summed E-state index contributed by atoms with van der Waals surface area (Å²) >= 11 is 6.24. The summed E-state index contributed by atoms with van der Waals surface area (Å²) in [7, 11) is 2.01. The lowest BCUT2D eigenvalue weighted by Crippen LogP contribution is -2.14. The Kier molecular flexibility index (Phi) is 4.65. The van der Waals surface area contributed by atoms with Crippen molar-refractivity contribution in [1.29, 1.82) is 0 Å². The van der Waals surface area contributed by atoms with Crippen LogP contribution in [0, 0.1) is 0 Å². The van der Waals surface area contributed by atoms with Gasteiger partial charge in [-0.1, -0.05) is 66.2 Å². The first-order chi connectivity index (χ1) is 14.7. The number of halogens is 1. The molecule has 3 aromatic carbocycles. The summed E-state index contributed by atoms with van der Waals surface area (Å²) in [5, 5.41) is 11.8. The highest BCUT2D eigenvalue weighted by molar-refractivity contribution is 6.30. The smallest absolute Gasteiger partial charge is 0.168 e. The molecule has 0 atom stereocenters. The van der Waals surface area contributed by atoms with Crippen molar-refractivity contribution in [2.45, 2.75) is 0 Å². The highest BCUT2D eigenvalue weighted by Gasteiger charge is 2.17. The molecule has 0 aliphatic rings. The van der Waals surface area contributed by atoms with Gasteiger partial charge in [0.25, 0.3) is 0 Å². The van der Waals surface area contributed by atoms with Gasteiger partial charge in [-0.2, -0.15) is 0 Å². The molecular formula is C24H18ClN5. The Morgan fingerprint density at radius 1 is 0.867 bits per heavy atom. The van der Waals surface area contributed by atoms with Crippen LogP contribution in [0.5, 0.6) is 0 Å². The molecule has 0 bridgehead atoms. The normalized spacial score (nSPS) is 11.0. The van der Waals surface area contributed by atoms with E-state index in [0.29, 0.717) is 5.02 Å². The molecule has 0 unspecified atom stereocenters. The third-order valence-electron chi connectivity index (χ3n) is 5.12. The van der Waals surface area contributed by atoms with E-state index in [4.69, 9.17) is 11.6 Å². The van der Waals surface area contributed by atoms with E-state index >= 15 is 0 Å². The van der Waals surface area contributed by atoms with Crippen molar-refractivity contribution in [1.82, 2.24) is 19.7 Å². The summed E-state index contributed by atoms with van der Waals surface area (Å²) in [6, 6.07) is 24.2. The van der Waals surface area contributed by atoms with Gasteiger partial charge in [-0.3, -0.25) is 4.57 Å². The summed E-state index contributed by atoms with van der Waals surface area (Å²) < 4.78 is 1.87. The van der Waals surface area contributed by atoms with Crippen LogP contribution in [0.15, 0.2) is 91.5 Å². The van der Waals surface area contributed by atoms with E-state index in [1.54, 1.807) is 12.5 Å². The minimum absolute atomic E-state index is 0.708. The molecule has 5 nitrogen and oxygen atoms in total. The minimum Gasteiger partial charge on any atom is -0.327 e. The van der Waals surface area contributed by atoms with Crippen LogP contribution in [0.2, 0.25) is 5.02 Å². The lowest BCUT2D eigenvalue weighted by atomic mass is 10.0. The van der Waals surface area contributed by atoms with Crippen molar-refractivity contribution in [3.8, 4) is 16.9 Å². The lowest BCUT2D eigenvalue weighted by Gasteiger charge is -2.23. The Labute approximate surface area is 179 Å². The van der Waals surface area contributed by atoms with Gasteiger partial charge in [-0.05, 0) is 23.8 Å². The zero-order valence-corrected chi connectivity index (χ0v) is 17.0. The van der Waals surface area contributed by atoms with Crippen molar-refractivity contribution in [3.05, 3.63) is 96.5 Å². The first-order valence-electron chi connectivity index (χ1n) is 9.55. The fraction of sp³-hybridized carbons (Fsp3) is 0.0417. The Morgan fingerprint density at radius 2 is 1.67 bits per heavy atom. The number of hydrogen-bond donors (Lipinski definition) is 0. The molecule has 0 amide bonds. The van der Waals surface area contributed by atoms with Crippen molar-refractivity contribution >= 4 is 33.9 Å². The van der Waals surface area contributed by atoms with Crippen molar-refractivity contribution < 1.29 is 0 Å². The number of anilines is 2. The summed E-state index contributed by atoms with van der Waals surface area (Å²) in [5.74, 6) is 1.53. The molecule has 6 heteroatoms. The first-order valence-corrected chi connectivity index (χ1v) is 9.92. The number of hydrogen-bond acceptors (Lipinski definition) is 4. The topological polar surface area (TPSA) is 46.8 Å². The Bertz CT molecular complexity index is 1330. The number of para-hydroxylation sites is 1. The van der Waals surface area contributed by atoms with Crippen molar-refractivity contribution in [2.24, 2.45) is 0 Å². The van der Waals surface area contributed by atoms with E-state index in [-0.39, 0.29) is 0 Å². The summed E-state index contributed by atoms with van der Waals surface area (Å²) in [5.41, 5.74) is 3.15. The van der Waals surface area contributed by atoms with Gasteiger partial charge in [0.15, 0.2) is 11.6 Å². The molecule has 0 saturated carbocycles. The number of aromatic nitrogens is 4. The third-order valence-corrected chi connectivity index (χ3v) is 5.35. The quantitative estimate of drug-likeness (QED) is 0.369. The van der Waals surface area contributed by atoms with E-state index in [1.165, 1.54) is 0 Å². The van der Waals surface area contributed by atoms with Crippen LogP contribution in [0.4, 0.5) is 11.5 Å². The number of nitrogens with zero attached hydrogens (tertiary/aromatic N) is 5. The molecule has 5 aromatic rings. The minimum atomic E-state index is 0.708. The zero-order chi connectivity index (χ0) is 20.5. The highest BCUT2D eigenvalue weighted by Crippen LogP contribution is 2.37. The van der Waals surface area contributed by atoms with E-state index in [9.17, 15) is 0 Å². The van der Waals surface area contributed by atoms with Gasteiger partial charge in [-0.25, -0.2) is 4.98 Å². The van der Waals surface area contributed by atoms with Gasteiger partial charge in [-0.15, -0.1) is 10.2 Å². The van der Waals surface area contributed by atoms with Gasteiger partial charge in [0, 0.05) is 46.5 Å². The number of imidazole rings is 1. The van der Waals surface area contributed by atoms with Gasteiger partial charge in [0.05, 0.1) is 0 Å². The second-order valence-electron chi connectivity index (χ2n) is 6.95. The van der Waals surface area contributed by atoms with Gasteiger partial charge >= 0.3 is 0 Å².